The molecule has 2 rings (SSSR count). The molecular weight excluding hydrogens is 267 g/mol. The highest BCUT2D eigenvalue weighted by molar-refractivity contribution is 5.31. The molecule has 1 fully saturated rings. The molecule has 2 nitrogen and oxygen atoms in total. The Bertz CT molecular complexity index is 484. The molecule has 0 spiro atoms. The second-order valence-corrected chi connectivity index (χ2v) is 7.19. The first-order valence-corrected chi connectivity index (χ1v) is 7.84. The lowest BCUT2D eigenvalue weighted by molar-refractivity contribution is -0.0128. The summed E-state index contributed by atoms with van der Waals surface area (Å²) in [6, 6.07) is 5.28. The SMILES string of the molecule is COc1cccc(CC(C)(C)C2CCC(C)CC2O)c1F. The summed E-state index contributed by atoms with van der Waals surface area (Å²) in [7, 11) is 1.49. The van der Waals surface area contributed by atoms with Crippen LogP contribution in [-0.2, 0) is 6.42 Å². The van der Waals surface area contributed by atoms with E-state index in [-0.39, 0.29) is 23.3 Å². The Balaban J connectivity index is 2.17. The summed E-state index contributed by atoms with van der Waals surface area (Å²) in [5.74, 6) is 0.827. The van der Waals surface area contributed by atoms with Gasteiger partial charge in [0.2, 0.25) is 0 Å². The van der Waals surface area contributed by atoms with Crippen LogP contribution in [-0.4, -0.2) is 18.3 Å². The lowest BCUT2D eigenvalue weighted by atomic mass is 9.65. The fourth-order valence-electron chi connectivity index (χ4n) is 3.73. The second kappa shape index (κ2) is 6.35. The molecule has 3 unspecified atom stereocenters. The van der Waals surface area contributed by atoms with Crippen LogP contribution < -0.4 is 4.74 Å². The van der Waals surface area contributed by atoms with Crippen LogP contribution in [0.4, 0.5) is 4.39 Å². The van der Waals surface area contributed by atoms with Gasteiger partial charge in [-0.15, -0.1) is 0 Å². The number of aliphatic hydroxyl groups excluding tert-OH is 1. The third-order valence-corrected chi connectivity index (χ3v) is 4.99. The van der Waals surface area contributed by atoms with Crippen molar-refractivity contribution in [2.45, 2.75) is 52.6 Å². The van der Waals surface area contributed by atoms with Crippen LogP contribution in [0.1, 0.15) is 45.6 Å². The zero-order valence-electron chi connectivity index (χ0n) is 13.5. The summed E-state index contributed by atoms with van der Waals surface area (Å²) < 4.78 is 19.4. The molecular formula is C18H27FO2. The van der Waals surface area contributed by atoms with E-state index in [1.165, 1.54) is 7.11 Å². The average molecular weight is 294 g/mol. The van der Waals surface area contributed by atoms with Crippen molar-refractivity contribution in [3.63, 3.8) is 0 Å². The van der Waals surface area contributed by atoms with Gasteiger partial charge in [0.05, 0.1) is 13.2 Å². The molecule has 1 aromatic rings. The molecule has 0 amide bonds. The highest BCUT2D eigenvalue weighted by atomic mass is 19.1. The van der Waals surface area contributed by atoms with E-state index in [4.69, 9.17) is 4.74 Å². The van der Waals surface area contributed by atoms with Crippen molar-refractivity contribution >= 4 is 0 Å². The minimum absolute atomic E-state index is 0.132. The smallest absolute Gasteiger partial charge is 0.168 e. The molecule has 3 heteroatoms. The van der Waals surface area contributed by atoms with Gasteiger partial charge >= 0.3 is 0 Å². The third-order valence-electron chi connectivity index (χ3n) is 4.99. The van der Waals surface area contributed by atoms with E-state index in [0.717, 1.165) is 19.3 Å². The fourth-order valence-corrected chi connectivity index (χ4v) is 3.73. The lowest BCUT2D eigenvalue weighted by Crippen LogP contribution is -2.39. The second-order valence-electron chi connectivity index (χ2n) is 7.19. The van der Waals surface area contributed by atoms with Crippen molar-refractivity contribution < 1.29 is 14.2 Å². The number of hydrogen-bond acceptors (Lipinski definition) is 2. The van der Waals surface area contributed by atoms with Gasteiger partial charge in [0.15, 0.2) is 11.6 Å². The molecule has 0 aromatic heterocycles. The number of methoxy groups -OCH3 is 1. The maximum absolute atomic E-state index is 14.3. The summed E-state index contributed by atoms with van der Waals surface area (Å²) in [5, 5.41) is 10.4. The molecule has 0 saturated heterocycles. The molecule has 3 atom stereocenters. The van der Waals surface area contributed by atoms with Gasteiger partial charge in [0.25, 0.3) is 0 Å². The Labute approximate surface area is 127 Å². The topological polar surface area (TPSA) is 29.5 Å². The molecule has 1 aliphatic rings. The summed E-state index contributed by atoms with van der Waals surface area (Å²) in [4.78, 5) is 0. The number of rotatable bonds is 4. The Morgan fingerprint density at radius 2 is 2.05 bits per heavy atom. The summed E-state index contributed by atoms with van der Waals surface area (Å²) in [6.45, 7) is 6.46. The molecule has 1 aliphatic carbocycles. The van der Waals surface area contributed by atoms with E-state index in [0.29, 0.717) is 23.7 Å². The van der Waals surface area contributed by atoms with E-state index in [2.05, 4.69) is 20.8 Å². The van der Waals surface area contributed by atoms with Crippen LogP contribution in [0.15, 0.2) is 18.2 Å². The van der Waals surface area contributed by atoms with Crippen molar-refractivity contribution in [2.24, 2.45) is 17.3 Å². The minimum atomic E-state index is -0.280. The lowest BCUT2D eigenvalue weighted by Gasteiger charge is -2.42. The summed E-state index contributed by atoms with van der Waals surface area (Å²) in [5.41, 5.74) is 0.539. The van der Waals surface area contributed by atoms with Crippen molar-refractivity contribution in [3.8, 4) is 5.75 Å². The van der Waals surface area contributed by atoms with Crippen LogP contribution >= 0.6 is 0 Å². The Morgan fingerprint density at radius 1 is 1.33 bits per heavy atom. The van der Waals surface area contributed by atoms with Crippen molar-refractivity contribution in [1.29, 1.82) is 0 Å². The van der Waals surface area contributed by atoms with Crippen molar-refractivity contribution in [3.05, 3.63) is 29.6 Å². The van der Waals surface area contributed by atoms with Gasteiger partial charge in [0, 0.05) is 0 Å². The zero-order chi connectivity index (χ0) is 15.6. The van der Waals surface area contributed by atoms with Crippen molar-refractivity contribution in [1.82, 2.24) is 0 Å². The van der Waals surface area contributed by atoms with Gasteiger partial charge in [-0.25, -0.2) is 4.39 Å². The molecule has 0 bridgehead atoms. The fraction of sp³-hybridized carbons (Fsp3) is 0.667. The highest BCUT2D eigenvalue weighted by Gasteiger charge is 2.38. The first kappa shape index (κ1) is 16.3. The van der Waals surface area contributed by atoms with E-state index >= 15 is 0 Å². The molecule has 118 valence electrons. The normalized spacial score (nSPS) is 26.7. The Hall–Kier alpha value is -1.09. The number of ether oxygens (including phenoxy) is 1. The third kappa shape index (κ3) is 3.57. The van der Waals surface area contributed by atoms with Gasteiger partial charge in [-0.05, 0) is 48.1 Å². The number of halogens is 1. The number of aliphatic hydroxyl groups is 1. The van der Waals surface area contributed by atoms with Crippen LogP contribution in [0.25, 0.3) is 0 Å². The average Bonchev–Trinajstić information content (AvgIpc) is 2.40. The first-order chi connectivity index (χ1) is 9.85. The molecule has 0 aliphatic heterocycles. The predicted octanol–water partition coefficient (Wildman–Crippen LogP) is 4.20. The van der Waals surface area contributed by atoms with Gasteiger partial charge < -0.3 is 9.84 Å². The van der Waals surface area contributed by atoms with Gasteiger partial charge in [-0.1, -0.05) is 39.3 Å². The Morgan fingerprint density at radius 3 is 2.67 bits per heavy atom. The van der Waals surface area contributed by atoms with Gasteiger partial charge in [-0.3, -0.25) is 0 Å². The summed E-state index contributed by atoms with van der Waals surface area (Å²) >= 11 is 0. The van der Waals surface area contributed by atoms with E-state index in [1.807, 2.05) is 12.1 Å². The quantitative estimate of drug-likeness (QED) is 0.902. The molecule has 0 heterocycles. The van der Waals surface area contributed by atoms with Crippen LogP contribution in [0.5, 0.6) is 5.75 Å². The summed E-state index contributed by atoms with van der Waals surface area (Å²) in [6.07, 6.45) is 3.35. The minimum Gasteiger partial charge on any atom is -0.494 e. The molecule has 1 aromatic carbocycles. The molecule has 1 N–H and O–H groups in total. The van der Waals surface area contributed by atoms with Crippen LogP contribution in [0, 0.1) is 23.1 Å². The number of benzene rings is 1. The molecule has 1 saturated carbocycles. The van der Waals surface area contributed by atoms with E-state index in [9.17, 15) is 9.50 Å². The maximum atomic E-state index is 14.3. The van der Waals surface area contributed by atoms with Gasteiger partial charge in [-0.2, -0.15) is 0 Å². The monoisotopic (exact) mass is 294 g/mol. The van der Waals surface area contributed by atoms with Crippen LogP contribution in [0.2, 0.25) is 0 Å². The largest absolute Gasteiger partial charge is 0.494 e. The predicted molar refractivity (Wildman–Crippen MR) is 82.9 cm³/mol. The standard InChI is InChI=1S/C18H27FO2/c1-12-8-9-14(15(20)10-12)18(2,3)11-13-6-5-7-16(21-4)17(13)19/h5-7,12,14-15,20H,8-11H2,1-4H3. The van der Waals surface area contributed by atoms with E-state index in [1.54, 1.807) is 6.07 Å². The molecule has 21 heavy (non-hydrogen) atoms. The van der Waals surface area contributed by atoms with Crippen molar-refractivity contribution in [2.75, 3.05) is 7.11 Å². The first-order valence-electron chi connectivity index (χ1n) is 7.84. The van der Waals surface area contributed by atoms with E-state index < -0.39 is 0 Å². The van der Waals surface area contributed by atoms with Gasteiger partial charge in [0.1, 0.15) is 0 Å². The number of hydrogen-bond donors (Lipinski definition) is 1. The molecule has 0 radical (unpaired) electrons. The van der Waals surface area contributed by atoms with Crippen LogP contribution in [0.3, 0.4) is 0 Å². The Kier molecular flexibility index (Phi) is 4.92. The maximum Gasteiger partial charge on any atom is 0.168 e. The highest BCUT2D eigenvalue weighted by Crippen LogP contribution is 2.42. The zero-order valence-corrected chi connectivity index (χ0v) is 13.5.